The van der Waals surface area contributed by atoms with E-state index < -0.39 is 25.0 Å². The third-order valence-electron chi connectivity index (χ3n) is 1.91. The number of rotatable bonds is 6. The molecule has 1 atom stereocenters. The number of ether oxygens (including phenoxy) is 2. The lowest BCUT2D eigenvalue weighted by molar-refractivity contribution is -0.123. The summed E-state index contributed by atoms with van der Waals surface area (Å²) in [5.41, 5.74) is 5.02. The molecule has 4 nitrogen and oxygen atoms in total. The van der Waals surface area contributed by atoms with Gasteiger partial charge in [-0.05, 0) is 31.2 Å². The Labute approximate surface area is 97.3 Å². The average Bonchev–Trinajstić information content (AvgIpc) is 2.28. The van der Waals surface area contributed by atoms with Crippen molar-refractivity contribution in [3.8, 4) is 11.5 Å². The molecular weight excluding hydrogens is 232 g/mol. The van der Waals surface area contributed by atoms with Crippen molar-refractivity contribution in [2.75, 3.05) is 6.61 Å². The summed E-state index contributed by atoms with van der Waals surface area (Å²) in [6.07, 6.45) is -3.26. The first kappa shape index (κ1) is 13.2. The molecule has 1 unspecified atom stereocenters. The number of carbonyl (C=O) groups excluding carboxylic acids is 1. The highest BCUT2D eigenvalue weighted by atomic mass is 19.3. The largest absolute Gasteiger partial charge is 0.488 e. The zero-order chi connectivity index (χ0) is 12.8. The second kappa shape index (κ2) is 6.03. The lowest BCUT2D eigenvalue weighted by Crippen LogP contribution is -2.30. The van der Waals surface area contributed by atoms with Gasteiger partial charge in [0.2, 0.25) is 0 Å². The van der Waals surface area contributed by atoms with Gasteiger partial charge in [0, 0.05) is 0 Å². The molecule has 0 saturated heterocycles. The number of hydrogen-bond acceptors (Lipinski definition) is 3. The summed E-state index contributed by atoms with van der Waals surface area (Å²) in [6, 6.07) is 5.98. The zero-order valence-corrected chi connectivity index (χ0v) is 9.23. The number of amides is 1. The monoisotopic (exact) mass is 245 g/mol. The number of nitrogens with two attached hydrogens (primary N) is 1. The normalized spacial score (nSPS) is 12.2. The summed E-state index contributed by atoms with van der Waals surface area (Å²) < 4.78 is 33.7. The van der Waals surface area contributed by atoms with E-state index in [0.29, 0.717) is 11.5 Å². The molecule has 0 heterocycles. The summed E-state index contributed by atoms with van der Waals surface area (Å²) in [7, 11) is 0. The fourth-order valence-corrected chi connectivity index (χ4v) is 1.04. The molecule has 6 heteroatoms. The van der Waals surface area contributed by atoms with E-state index in [9.17, 15) is 13.6 Å². The molecule has 0 aliphatic rings. The van der Waals surface area contributed by atoms with E-state index in [1.165, 1.54) is 31.2 Å². The Bertz CT molecular complexity index is 367. The molecule has 1 aromatic carbocycles. The summed E-state index contributed by atoms with van der Waals surface area (Å²) in [5.74, 6) is 0.146. The maximum atomic E-state index is 11.9. The van der Waals surface area contributed by atoms with Crippen molar-refractivity contribution >= 4 is 5.91 Å². The predicted molar refractivity (Wildman–Crippen MR) is 57.2 cm³/mol. The van der Waals surface area contributed by atoms with Crippen molar-refractivity contribution in [1.29, 1.82) is 0 Å². The minimum Gasteiger partial charge on any atom is -0.488 e. The smallest absolute Gasteiger partial charge is 0.272 e. The molecule has 0 aliphatic heterocycles. The van der Waals surface area contributed by atoms with Gasteiger partial charge in [-0.2, -0.15) is 0 Å². The van der Waals surface area contributed by atoms with E-state index in [-0.39, 0.29) is 0 Å². The van der Waals surface area contributed by atoms with Crippen molar-refractivity contribution < 1.29 is 23.0 Å². The molecule has 1 rings (SSSR count). The van der Waals surface area contributed by atoms with E-state index in [4.69, 9.17) is 15.2 Å². The summed E-state index contributed by atoms with van der Waals surface area (Å²) in [4.78, 5) is 10.7. The number of hydrogen-bond donors (Lipinski definition) is 1. The van der Waals surface area contributed by atoms with E-state index >= 15 is 0 Å². The second-order valence-electron chi connectivity index (χ2n) is 3.34. The predicted octanol–water partition coefficient (Wildman–Crippen LogP) is 1.58. The SMILES string of the molecule is CC(Oc1ccc(OCC(F)F)cc1)C(N)=O. The average molecular weight is 245 g/mol. The van der Waals surface area contributed by atoms with E-state index in [2.05, 4.69) is 0 Å². The van der Waals surface area contributed by atoms with Crippen LogP contribution >= 0.6 is 0 Å². The molecule has 17 heavy (non-hydrogen) atoms. The maximum Gasteiger partial charge on any atom is 0.272 e. The van der Waals surface area contributed by atoms with E-state index in [0.717, 1.165) is 0 Å². The molecule has 0 spiro atoms. The number of halogens is 2. The molecule has 0 aromatic heterocycles. The van der Waals surface area contributed by atoms with Crippen LogP contribution in [0.4, 0.5) is 8.78 Å². The molecule has 0 aliphatic carbocycles. The fraction of sp³-hybridized carbons (Fsp3) is 0.364. The molecule has 0 fully saturated rings. The van der Waals surface area contributed by atoms with Gasteiger partial charge in [0.15, 0.2) is 6.10 Å². The Kier molecular flexibility index (Phi) is 4.68. The number of alkyl halides is 2. The van der Waals surface area contributed by atoms with Crippen molar-refractivity contribution in [3.63, 3.8) is 0 Å². The number of carbonyl (C=O) groups is 1. The van der Waals surface area contributed by atoms with Gasteiger partial charge in [0.1, 0.15) is 18.1 Å². The van der Waals surface area contributed by atoms with Gasteiger partial charge < -0.3 is 15.2 Å². The zero-order valence-electron chi connectivity index (χ0n) is 9.23. The Morgan fingerprint density at radius 1 is 1.29 bits per heavy atom. The van der Waals surface area contributed by atoms with E-state index in [1.807, 2.05) is 0 Å². The van der Waals surface area contributed by atoms with Gasteiger partial charge in [0.25, 0.3) is 12.3 Å². The van der Waals surface area contributed by atoms with Gasteiger partial charge in [-0.15, -0.1) is 0 Å². The fourth-order valence-electron chi connectivity index (χ4n) is 1.04. The first-order valence-corrected chi connectivity index (χ1v) is 4.96. The number of benzene rings is 1. The van der Waals surface area contributed by atoms with Gasteiger partial charge in [-0.3, -0.25) is 4.79 Å². The van der Waals surface area contributed by atoms with Crippen LogP contribution in [0.25, 0.3) is 0 Å². The lowest BCUT2D eigenvalue weighted by atomic mass is 10.3. The van der Waals surface area contributed by atoms with Crippen LogP contribution in [0.15, 0.2) is 24.3 Å². The molecule has 1 amide bonds. The highest BCUT2D eigenvalue weighted by Crippen LogP contribution is 2.18. The summed E-state index contributed by atoms with van der Waals surface area (Å²) in [6.45, 7) is 0.863. The van der Waals surface area contributed by atoms with Gasteiger partial charge >= 0.3 is 0 Å². The quantitative estimate of drug-likeness (QED) is 0.827. The molecule has 2 N–H and O–H groups in total. The van der Waals surface area contributed by atoms with Gasteiger partial charge in [-0.1, -0.05) is 0 Å². The molecule has 94 valence electrons. The summed E-state index contributed by atoms with van der Waals surface area (Å²) in [5, 5.41) is 0. The Morgan fingerprint density at radius 3 is 2.29 bits per heavy atom. The highest BCUT2D eigenvalue weighted by molar-refractivity contribution is 5.78. The molecule has 0 radical (unpaired) electrons. The van der Waals surface area contributed by atoms with Crippen LogP contribution in [0, 0.1) is 0 Å². The van der Waals surface area contributed by atoms with Crippen LogP contribution in [-0.4, -0.2) is 25.0 Å². The Balaban J connectivity index is 2.53. The maximum absolute atomic E-state index is 11.9. The van der Waals surface area contributed by atoms with Crippen LogP contribution in [0.5, 0.6) is 11.5 Å². The minimum absolute atomic E-state index is 0.310. The topological polar surface area (TPSA) is 61.6 Å². The van der Waals surface area contributed by atoms with Crippen molar-refractivity contribution in [3.05, 3.63) is 24.3 Å². The van der Waals surface area contributed by atoms with Crippen molar-refractivity contribution in [1.82, 2.24) is 0 Å². The van der Waals surface area contributed by atoms with Crippen LogP contribution in [0.2, 0.25) is 0 Å². The minimum atomic E-state index is -2.51. The second-order valence-corrected chi connectivity index (χ2v) is 3.34. The standard InChI is InChI=1S/C11H13F2NO3/c1-7(11(14)15)17-9-4-2-8(3-5-9)16-6-10(12)13/h2-5,7,10H,6H2,1H3,(H2,14,15). The van der Waals surface area contributed by atoms with Crippen LogP contribution in [0.1, 0.15) is 6.92 Å². The van der Waals surface area contributed by atoms with E-state index in [1.54, 1.807) is 0 Å². The molecule has 1 aromatic rings. The van der Waals surface area contributed by atoms with Gasteiger partial charge in [-0.25, -0.2) is 8.78 Å². The van der Waals surface area contributed by atoms with Crippen LogP contribution in [-0.2, 0) is 4.79 Å². The first-order chi connectivity index (χ1) is 7.99. The third kappa shape index (κ3) is 4.67. The first-order valence-electron chi connectivity index (χ1n) is 4.96. The highest BCUT2D eigenvalue weighted by Gasteiger charge is 2.10. The molecule has 0 bridgehead atoms. The lowest BCUT2D eigenvalue weighted by Gasteiger charge is -2.11. The van der Waals surface area contributed by atoms with Crippen LogP contribution in [0.3, 0.4) is 0 Å². The van der Waals surface area contributed by atoms with Gasteiger partial charge in [0.05, 0.1) is 0 Å². The van der Waals surface area contributed by atoms with Crippen molar-refractivity contribution in [2.24, 2.45) is 5.73 Å². The van der Waals surface area contributed by atoms with Crippen molar-refractivity contribution in [2.45, 2.75) is 19.5 Å². The Hall–Kier alpha value is -1.85. The Morgan fingerprint density at radius 2 is 1.82 bits per heavy atom. The molecule has 0 saturated carbocycles. The van der Waals surface area contributed by atoms with Crippen LogP contribution < -0.4 is 15.2 Å². The third-order valence-corrected chi connectivity index (χ3v) is 1.91. The number of primary amides is 1. The summed E-state index contributed by atoms with van der Waals surface area (Å²) >= 11 is 0. The molecular formula is C11H13F2NO3.